The van der Waals surface area contributed by atoms with Crippen molar-refractivity contribution in [3.05, 3.63) is 0 Å². The van der Waals surface area contributed by atoms with Gasteiger partial charge in [0, 0.05) is 19.5 Å². The summed E-state index contributed by atoms with van der Waals surface area (Å²) < 4.78 is 0. The molecule has 1 aliphatic rings. The van der Waals surface area contributed by atoms with Gasteiger partial charge >= 0.3 is 0 Å². The van der Waals surface area contributed by atoms with Crippen LogP contribution in [0.3, 0.4) is 0 Å². The number of carbonyl (C=O) groups is 1. The van der Waals surface area contributed by atoms with Crippen LogP contribution in [0, 0.1) is 5.41 Å². The molecule has 0 spiro atoms. The van der Waals surface area contributed by atoms with Gasteiger partial charge in [0.25, 0.3) is 0 Å². The number of hydrogen-bond donors (Lipinski definition) is 1. The second-order valence-electron chi connectivity index (χ2n) is 5.73. The van der Waals surface area contributed by atoms with E-state index in [4.69, 9.17) is 5.73 Å². The van der Waals surface area contributed by atoms with Gasteiger partial charge in [-0.05, 0) is 44.1 Å². The molecule has 1 amide bonds. The third kappa shape index (κ3) is 4.27. The molecular weight excluding hydrogens is 224 g/mol. The zero-order chi connectivity index (χ0) is 13.4. The number of carbonyl (C=O) groups excluding carboxylic acids is 1. The first kappa shape index (κ1) is 15.5. The van der Waals surface area contributed by atoms with Gasteiger partial charge in [-0.3, -0.25) is 4.79 Å². The Morgan fingerprint density at radius 1 is 1.17 bits per heavy atom. The molecule has 0 aromatic heterocycles. The average molecular weight is 254 g/mol. The maximum Gasteiger partial charge on any atom is 0.222 e. The Balaban J connectivity index is 2.23. The Labute approximate surface area is 112 Å². The van der Waals surface area contributed by atoms with Crippen LogP contribution in [0.25, 0.3) is 0 Å². The summed E-state index contributed by atoms with van der Waals surface area (Å²) in [5.41, 5.74) is 5.87. The molecule has 0 radical (unpaired) electrons. The van der Waals surface area contributed by atoms with E-state index in [0.717, 1.165) is 51.7 Å². The Hall–Kier alpha value is -0.570. The topological polar surface area (TPSA) is 46.3 Å². The van der Waals surface area contributed by atoms with Gasteiger partial charge < -0.3 is 10.6 Å². The predicted octanol–water partition coefficient (Wildman–Crippen LogP) is 2.93. The molecule has 0 unspecified atom stereocenters. The Morgan fingerprint density at radius 2 is 1.83 bits per heavy atom. The normalized spacial score (nSPS) is 18.3. The highest BCUT2D eigenvalue weighted by Crippen LogP contribution is 2.37. The first-order valence-electron chi connectivity index (χ1n) is 7.65. The summed E-state index contributed by atoms with van der Waals surface area (Å²) in [6, 6.07) is 0. The van der Waals surface area contributed by atoms with E-state index in [-0.39, 0.29) is 0 Å². The minimum atomic E-state index is 0.367. The number of amides is 1. The third-order valence-electron chi connectivity index (χ3n) is 4.64. The van der Waals surface area contributed by atoms with Crippen LogP contribution in [0.1, 0.15) is 65.2 Å². The number of likely N-dealkylation sites (tertiary alicyclic amines) is 1. The lowest BCUT2D eigenvalue weighted by atomic mass is 9.82. The molecule has 1 heterocycles. The van der Waals surface area contributed by atoms with Gasteiger partial charge in [0.2, 0.25) is 5.91 Å². The highest BCUT2D eigenvalue weighted by atomic mass is 16.2. The van der Waals surface area contributed by atoms with Gasteiger partial charge in [0.1, 0.15) is 0 Å². The summed E-state index contributed by atoms with van der Waals surface area (Å²) >= 11 is 0. The number of rotatable bonds is 8. The lowest BCUT2D eigenvalue weighted by molar-refractivity contribution is -0.130. The van der Waals surface area contributed by atoms with Crippen LogP contribution in [-0.2, 0) is 4.79 Å². The zero-order valence-electron chi connectivity index (χ0n) is 12.2. The summed E-state index contributed by atoms with van der Waals surface area (Å²) in [6.07, 6.45) is 8.74. The molecule has 0 atom stereocenters. The quantitative estimate of drug-likeness (QED) is 0.677. The maximum absolute atomic E-state index is 12.1. The van der Waals surface area contributed by atoms with Crippen LogP contribution < -0.4 is 5.73 Å². The summed E-state index contributed by atoms with van der Waals surface area (Å²) in [5.74, 6) is 0.367. The molecule has 1 fully saturated rings. The molecule has 0 saturated carbocycles. The van der Waals surface area contributed by atoms with Crippen molar-refractivity contribution in [1.82, 2.24) is 4.90 Å². The second-order valence-corrected chi connectivity index (χ2v) is 5.73. The van der Waals surface area contributed by atoms with E-state index in [1.165, 1.54) is 19.3 Å². The van der Waals surface area contributed by atoms with Crippen LogP contribution >= 0.6 is 0 Å². The summed E-state index contributed by atoms with van der Waals surface area (Å²) in [5, 5.41) is 0. The highest BCUT2D eigenvalue weighted by Gasteiger charge is 2.36. The lowest BCUT2D eigenvalue weighted by Gasteiger charge is -2.26. The molecule has 1 aliphatic heterocycles. The monoisotopic (exact) mass is 254 g/mol. The van der Waals surface area contributed by atoms with Crippen LogP contribution in [-0.4, -0.2) is 30.4 Å². The molecule has 18 heavy (non-hydrogen) atoms. The molecule has 106 valence electrons. The minimum Gasteiger partial charge on any atom is -0.342 e. The van der Waals surface area contributed by atoms with Crippen LogP contribution in [0.15, 0.2) is 0 Å². The summed E-state index contributed by atoms with van der Waals surface area (Å²) in [6.45, 7) is 7.25. The van der Waals surface area contributed by atoms with Crippen molar-refractivity contribution in [2.75, 3.05) is 19.6 Å². The van der Waals surface area contributed by atoms with E-state index in [0.29, 0.717) is 11.3 Å². The van der Waals surface area contributed by atoms with E-state index in [2.05, 4.69) is 18.7 Å². The Kier molecular flexibility index (Phi) is 6.69. The van der Waals surface area contributed by atoms with E-state index in [9.17, 15) is 4.79 Å². The fourth-order valence-electron chi connectivity index (χ4n) is 2.91. The Morgan fingerprint density at radius 3 is 2.39 bits per heavy atom. The van der Waals surface area contributed by atoms with Crippen LogP contribution in [0.4, 0.5) is 0 Å². The largest absolute Gasteiger partial charge is 0.342 e. The van der Waals surface area contributed by atoms with Crippen molar-refractivity contribution < 1.29 is 4.79 Å². The summed E-state index contributed by atoms with van der Waals surface area (Å²) in [4.78, 5) is 14.2. The van der Waals surface area contributed by atoms with Crippen molar-refractivity contribution >= 4 is 5.91 Å². The van der Waals surface area contributed by atoms with Crippen molar-refractivity contribution in [1.29, 1.82) is 0 Å². The first-order chi connectivity index (χ1) is 8.67. The predicted molar refractivity (Wildman–Crippen MR) is 76.4 cm³/mol. The van der Waals surface area contributed by atoms with Crippen molar-refractivity contribution in [3.8, 4) is 0 Å². The molecule has 2 N–H and O–H groups in total. The highest BCUT2D eigenvalue weighted by molar-refractivity contribution is 5.76. The smallest absolute Gasteiger partial charge is 0.222 e. The minimum absolute atomic E-state index is 0.367. The molecule has 1 saturated heterocycles. The standard InChI is InChI=1S/C15H30N2O/c1-3-15(4-2)10-12-17(13-15)14(18)9-7-5-6-8-11-16/h3-13,16H2,1-2H3. The fraction of sp³-hybridized carbons (Fsp3) is 0.933. The average Bonchev–Trinajstić information content (AvgIpc) is 2.83. The molecule has 3 nitrogen and oxygen atoms in total. The first-order valence-corrected chi connectivity index (χ1v) is 7.65. The van der Waals surface area contributed by atoms with Gasteiger partial charge in [-0.15, -0.1) is 0 Å². The van der Waals surface area contributed by atoms with Gasteiger partial charge in [-0.1, -0.05) is 26.7 Å². The van der Waals surface area contributed by atoms with Crippen molar-refractivity contribution in [3.63, 3.8) is 0 Å². The number of nitrogens with two attached hydrogens (primary N) is 1. The van der Waals surface area contributed by atoms with Crippen molar-refractivity contribution in [2.24, 2.45) is 11.1 Å². The molecule has 3 heteroatoms. The number of hydrogen-bond acceptors (Lipinski definition) is 2. The fourth-order valence-corrected chi connectivity index (χ4v) is 2.91. The van der Waals surface area contributed by atoms with Gasteiger partial charge in [-0.25, -0.2) is 0 Å². The third-order valence-corrected chi connectivity index (χ3v) is 4.64. The van der Waals surface area contributed by atoms with E-state index in [1.807, 2.05) is 0 Å². The SMILES string of the molecule is CCC1(CC)CCN(C(=O)CCCCCCN)C1. The Bertz CT molecular complexity index is 249. The second kappa shape index (κ2) is 7.78. The van der Waals surface area contributed by atoms with Crippen molar-refractivity contribution in [2.45, 2.75) is 65.2 Å². The van der Waals surface area contributed by atoms with Crippen LogP contribution in [0.2, 0.25) is 0 Å². The van der Waals surface area contributed by atoms with Gasteiger partial charge in [0.15, 0.2) is 0 Å². The zero-order valence-corrected chi connectivity index (χ0v) is 12.2. The molecular formula is C15H30N2O. The molecule has 0 aromatic carbocycles. The summed E-state index contributed by atoms with van der Waals surface area (Å²) in [7, 11) is 0. The molecule has 1 rings (SSSR count). The molecule has 0 bridgehead atoms. The van der Waals surface area contributed by atoms with Crippen LogP contribution in [0.5, 0.6) is 0 Å². The number of nitrogens with zero attached hydrogens (tertiary/aromatic N) is 1. The molecule has 0 aromatic rings. The maximum atomic E-state index is 12.1. The number of unbranched alkanes of at least 4 members (excludes halogenated alkanes) is 3. The lowest BCUT2D eigenvalue weighted by Crippen LogP contribution is -2.31. The van der Waals surface area contributed by atoms with E-state index in [1.54, 1.807) is 0 Å². The van der Waals surface area contributed by atoms with Gasteiger partial charge in [-0.2, -0.15) is 0 Å². The van der Waals surface area contributed by atoms with Gasteiger partial charge in [0.05, 0.1) is 0 Å². The molecule has 0 aliphatic carbocycles. The van der Waals surface area contributed by atoms with E-state index >= 15 is 0 Å². The van der Waals surface area contributed by atoms with E-state index < -0.39 is 0 Å².